The molecular weight excluding hydrogens is 186 g/mol. The minimum absolute atomic E-state index is 0.247. The lowest BCUT2D eigenvalue weighted by atomic mass is 10.0. The molecule has 13 heavy (non-hydrogen) atoms. The molecule has 0 saturated carbocycles. The molecule has 0 aromatic carbocycles. The van der Waals surface area contributed by atoms with Gasteiger partial charge in [-0.1, -0.05) is 13.5 Å². The second-order valence-electron chi connectivity index (χ2n) is 3.87. The van der Waals surface area contributed by atoms with Gasteiger partial charge >= 0.3 is 0 Å². The maximum atomic E-state index is 9.19. The van der Waals surface area contributed by atoms with Gasteiger partial charge in [-0.05, 0) is 24.5 Å². The highest BCUT2D eigenvalue weighted by Gasteiger charge is 2.30. The number of hydrogen-bond donors (Lipinski definition) is 1. The third-order valence-corrected chi connectivity index (χ3v) is 3.18. The molecule has 1 aliphatic rings. The molecule has 0 aromatic heterocycles. The van der Waals surface area contributed by atoms with Crippen LogP contribution >= 0.6 is 11.6 Å². The number of hydrogen-bond acceptors (Lipinski definition) is 2. The Bertz CT molecular complexity index is 184. The topological polar surface area (TPSA) is 23.5 Å². The van der Waals surface area contributed by atoms with Gasteiger partial charge in [-0.15, -0.1) is 11.6 Å². The summed E-state index contributed by atoms with van der Waals surface area (Å²) in [7, 11) is 0. The Morgan fingerprint density at radius 3 is 2.92 bits per heavy atom. The molecule has 76 valence electrons. The quantitative estimate of drug-likeness (QED) is 0.553. The van der Waals surface area contributed by atoms with E-state index in [9.17, 15) is 5.11 Å². The third kappa shape index (κ3) is 2.70. The van der Waals surface area contributed by atoms with Crippen LogP contribution in [-0.4, -0.2) is 41.6 Å². The van der Waals surface area contributed by atoms with Gasteiger partial charge in [0, 0.05) is 18.5 Å². The van der Waals surface area contributed by atoms with Gasteiger partial charge in [0.2, 0.25) is 0 Å². The molecule has 0 bridgehead atoms. The third-order valence-electron chi connectivity index (χ3n) is 2.80. The first-order valence-electron chi connectivity index (χ1n) is 4.76. The van der Waals surface area contributed by atoms with E-state index in [1.54, 1.807) is 0 Å². The summed E-state index contributed by atoms with van der Waals surface area (Å²) in [5.74, 6) is 1.11. The fourth-order valence-electron chi connectivity index (χ4n) is 1.91. The predicted molar refractivity (Wildman–Crippen MR) is 56.1 cm³/mol. The number of nitrogens with zero attached hydrogens (tertiary/aromatic N) is 1. The number of aliphatic hydroxyl groups is 1. The lowest BCUT2D eigenvalue weighted by Gasteiger charge is -2.25. The highest BCUT2D eigenvalue weighted by atomic mass is 35.5. The molecule has 0 spiro atoms. The van der Waals surface area contributed by atoms with E-state index in [1.165, 1.54) is 6.42 Å². The van der Waals surface area contributed by atoms with Crippen LogP contribution in [0.5, 0.6) is 0 Å². The summed E-state index contributed by atoms with van der Waals surface area (Å²) >= 11 is 5.67. The van der Waals surface area contributed by atoms with Gasteiger partial charge in [-0.3, -0.25) is 4.90 Å². The predicted octanol–water partition coefficient (Wildman–Crippen LogP) is 1.48. The molecule has 1 saturated heterocycles. The summed E-state index contributed by atoms with van der Waals surface area (Å²) in [6.07, 6.45) is 1.17. The first kappa shape index (κ1) is 11.0. The summed E-state index contributed by atoms with van der Waals surface area (Å²) in [5.41, 5.74) is 1.04. The first-order chi connectivity index (χ1) is 6.19. The molecule has 0 radical (unpaired) electrons. The summed E-state index contributed by atoms with van der Waals surface area (Å²) < 4.78 is 0. The Balaban J connectivity index is 2.45. The molecule has 2 atom stereocenters. The second kappa shape index (κ2) is 4.99. The lowest BCUT2D eigenvalue weighted by molar-refractivity contribution is 0.147. The zero-order chi connectivity index (χ0) is 9.84. The van der Waals surface area contributed by atoms with Crippen molar-refractivity contribution in [3.63, 3.8) is 0 Å². The zero-order valence-electron chi connectivity index (χ0n) is 8.17. The van der Waals surface area contributed by atoms with Crippen molar-refractivity contribution in [1.29, 1.82) is 0 Å². The van der Waals surface area contributed by atoms with Crippen molar-refractivity contribution >= 4 is 11.6 Å². The molecule has 1 N–H and O–H groups in total. The Morgan fingerprint density at radius 1 is 1.69 bits per heavy atom. The molecule has 1 fully saturated rings. The van der Waals surface area contributed by atoms with Crippen LogP contribution in [0.15, 0.2) is 12.2 Å². The molecule has 0 aromatic rings. The van der Waals surface area contributed by atoms with Crippen molar-refractivity contribution in [2.45, 2.75) is 19.4 Å². The minimum Gasteiger partial charge on any atom is -0.395 e. The van der Waals surface area contributed by atoms with E-state index >= 15 is 0 Å². The van der Waals surface area contributed by atoms with Gasteiger partial charge in [-0.2, -0.15) is 0 Å². The second-order valence-corrected chi connectivity index (χ2v) is 4.14. The maximum Gasteiger partial charge on any atom is 0.0589 e. The van der Waals surface area contributed by atoms with E-state index in [0.29, 0.717) is 17.8 Å². The maximum absolute atomic E-state index is 9.19. The van der Waals surface area contributed by atoms with E-state index in [2.05, 4.69) is 18.4 Å². The largest absolute Gasteiger partial charge is 0.395 e. The molecule has 1 heterocycles. The van der Waals surface area contributed by atoms with Gasteiger partial charge in [0.05, 0.1) is 6.61 Å². The molecule has 2 nitrogen and oxygen atoms in total. The van der Waals surface area contributed by atoms with E-state index in [4.69, 9.17) is 11.6 Å². The van der Waals surface area contributed by atoms with Crippen molar-refractivity contribution < 1.29 is 5.11 Å². The zero-order valence-corrected chi connectivity index (χ0v) is 8.93. The lowest BCUT2D eigenvalue weighted by Crippen LogP contribution is -2.36. The van der Waals surface area contributed by atoms with Crippen LogP contribution in [0.2, 0.25) is 0 Å². The molecule has 1 rings (SSSR count). The fourth-order valence-corrected chi connectivity index (χ4v) is 1.99. The van der Waals surface area contributed by atoms with Crippen LogP contribution < -0.4 is 0 Å². The number of likely N-dealkylation sites (tertiary alicyclic amines) is 1. The van der Waals surface area contributed by atoms with E-state index in [0.717, 1.165) is 18.7 Å². The standard InChI is InChI=1S/C10H18ClNO/c1-8(5-11)6-12-4-3-9(2)10(12)7-13/h9-10,13H,1,3-7H2,2H3. The Morgan fingerprint density at radius 2 is 2.38 bits per heavy atom. The van der Waals surface area contributed by atoms with E-state index in [-0.39, 0.29) is 6.61 Å². The van der Waals surface area contributed by atoms with E-state index in [1.807, 2.05) is 0 Å². The van der Waals surface area contributed by atoms with Crippen molar-refractivity contribution in [2.24, 2.45) is 5.92 Å². The van der Waals surface area contributed by atoms with Crippen LogP contribution in [0.3, 0.4) is 0 Å². The molecule has 3 heteroatoms. The first-order valence-corrected chi connectivity index (χ1v) is 5.30. The van der Waals surface area contributed by atoms with Crippen LogP contribution in [-0.2, 0) is 0 Å². The normalized spacial score (nSPS) is 29.5. The van der Waals surface area contributed by atoms with Crippen molar-refractivity contribution in [1.82, 2.24) is 4.90 Å². The highest BCUT2D eigenvalue weighted by Crippen LogP contribution is 2.23. The van der Waals surface area contributed by atoms with Gasteiger partial charge in [0.1, 0.15) is 0 Å². The van der Waals surface area contributed by atoms with Gasteiger partial charge < -0.3 is 5.11 Å². The summed E-state index contributed by atoms with van der Waals surface area (Å²) in [5, 5.41) is 9.19. The van der Waals surface area contributed by atoms with Gasteiger partial charge in [0.25, 0.3) is 0 Å². The Labute approximate surface area is 85.2 Å². The van der Waals surface area contributed by atoms with Crippen LogP contribution in [0.1, 0.15) is 13.3 Å². The SMILES string of the molecule is C=C(CCl)CN1CCC(C)C1CO. The Hall–Kier alpha value is -0.0500. The molecule has 1 aliphatic heterocycles. The van der Waals surface area contributed by atoms with Gasteiger partial charge in [-0.25, -0.2) is 0 Å². The van der Waals surface area contributed by atoms with Crippen LogP contribution in [0, 0.1) is 5.92 Å². The molecule has 2 unspecified atom stereocenters. The average Bonchev–Trinajstić information content (AvgIpc) is 2.46. The van der Waals surface area contributed by atoms with E-state index < -0.39 is 0 Å². The van der Waals surface area contributed by atoms with Crippen LogP contribution in [0.25, 0.3) is 0 Å². The number of alkyl halides is 1. The Kier molecular flexibility index (Phi) is 4.23. The van der Waals surface area contributed by atoms with Crippen LogP contribution in [0.4, 0.5) is 0 Å². The minimum atomic E-state index is 0.247. The molecule has 0 aliphatic carbocycles. The summed E-state index contributed by atoms with van der Waals surface area (Å²) in [4.78, 5) is 2.27. The summed E-state index contributed by atoms with van der Waals surface area (Å²) in [6, 6.07) is 0.306. The summed E-state index contributed by atoms with van der Waals surface area (Å²) in [6.45, 7) is 8.20. The van der Waals surface area contributed by atoms with Crippen molar-refractivity contribution in [2.75, 3.05) is 25.6 Å². The monoisotopic (exact) mass is 203 g/mol. The van der Waals surface area contributed by atoms with Gasteiger partial charge in [0.15, 0.2) is 0 Å². The number of halogens is 1. The number of rotatable bonds is 4. The average molecular weight is 204 g/mol. The van der Waals surface area contributed by atoms with Crippen molar-refractivity contribution in [3.05, 3.63) is 12.2 Å². The fraction of sp³-hybridized carbons (Fsp3) is 0.800. The van der Waals surface area contributed by atoms with Crippen molar-refractivity contribution in [3.8, 4) is 0 Å². The highest BCUT2D eigenvalue weighted by molar-refractivity contribution is 6.19. The smallest absolute Gasteiger partial charge is 0.0589 e. The molecular formula is C10H18ClNO. The number of aliphatic hydroxyl groups excluding tert-OH is 1. The molecule has 0 amide bonds.